The first kappa shape index (κ1) is 20.2. The van der Waals surface area contributed by atoms with E-state index >= 15 is 0 Å². The zero-order valence-corrected chi connectivity index (χ0v) is 15.3. The summed E-state index contributed by atoms with van der Waals surface area (Å²) < 4.78 is 11.1. The Hall–Kier alpha value is -3.07. The third-order valence-electron chi connectivity index (χ3n) is 3.19. The first-order chi connectivity index (χ1) is 13.0. The van der Waals surface area contributed by atoms with Gasteiger partial charge in [0, 0.05) is 11.6 Å². The minimum Gasteiger partial charge on any atom is -0.489 e. The van der Waals surface area contributed by atoms with E-state index in [-0.39, 0.29) is 11.6 Å². The van der Waals surface area contributed by atoms with Crippen LogP contribution in [-0.2, 0) is 9.59 Å². The summed E-state index contributed by atoms with van der Waals surface area (Å²) >= 11 is 1.03. The quantitative estimate of drug-likeness (QED) is 0.361. The maximum Gasteiger partial charge on any atom is 0.305 e. The Morgan fingerprint density at radius 3 is 2.74 bits per heavy atom. The molecule has 142 valence electrons. The average Bonchev–Trinajstić information content (AvgIpc) is 2.98. The second-order valence-electron chi connectivity index (χ2n) is 5.24. The Bertz CT molecular complexity index is 791. The van der Waals surface area contributed by atoms with Crippen LogP contribution in [0.2, 0.25) is 0 Å². The summed E-state index contributed by atoms with van der Waals surface area (Å²) in [6.07, 6.45) is 4.46. The van der Waals surface area contributed by atoms with Crippen molar-refractivity contribution in [3.05, 3.63) is 49.1 Å². The van der Waals surface area contributed by atoms with E-state index in [1.165, 1.54) is 6.21 Å². The summed E-state index contributed by atoms with van der Waals surface area (Å²) in [4.78, 5) is 22.4. The smallest absolute Gasteiger partial charge is 0.305 e. The number of rotatable bonds is 10. The van der Waals surface area contributed by atoms with Crippen LogP contribution in [0.1, 0.15) is 12.0 Å². The van der Waals surface area contributed by atoms with E-state index in [9.17, 15) is 9.59 Å². The molecular weight excluding hydrogens is 370 g/mol. The second kappa shape index (κ2) is 10.2. The predicted molar refractivity (Wildman–Crippen MR) is 105 cm³/mol. The molecule has 0 radical (unpaired) electrons. The Morgan fingerprint density at radius 2 is 2.04 bits per heavy atom. The highest BCUT2D eigenvalue weighted by Gasteiger charge is 2.32. The van der Waals surface area contributed by atoms with Crippen molar-refractivity contribution in [3.8, 4) is 11.5 Å². The van der Waals surface area contributed by atoms with E-state index in [0.717, 1.165) is 11.8 Å². The van der Waals surface area contributed by atoms with Gasteiger partial charge in [0.2, 0.25) is 5.91 Å². The molecule has 0 aliphatic carbocycles. The first-order valence-corrected chi connectivity index (χ1v) is 8.83. The van der Waals surface area contributed by atoms with Crippen molar-refractivity contribution in [3.63, 3.8) is 0 Å². The summed E-state index contributed by atoms with van der Waals surface area (Å²) in [5, 5.41) is 18.7. The van der Waals surface area contributed by atoms with Gasteiger partial charge < -0.3 is 19.9 Å². The number of hydrogen-bond acceptors (Lipinski definition) is 7. The highest BCUT2D eigenvalue weighted by Crippen LogP contribution is 2.25. The molecule has 8 nitrogen and oxygen atoms in total. The van der Waals surface area contributed by atoms with Crippen LogP contribution in [0.4, 0.5) is 0 Å². The fourth-order valence-electron chi connectivity index (χ4n) is 2.03. The zero-order valence-electron chi connectivity index (χ0n) is 14.5. The van der Waals surface area contributed by atoms with Crippen molar-refractivity contribution < 1.29 is 24.2 Å². The number of carboxylic acids is 1. The van der Waals surface area contributed by atoms with E-state index in [4.69, 9.17) is 14.6 Å². The summed E-state index contributed by atoms with van der Waals surface area (Å²) in [5.74, 6) is -0.287. The highest BCUT2D eigenvalue weighted by atomic mass is 32.2. The Labute approximate surface area is 160 Å². The standard InChI is InChI=1S/C18H19N3O5S/c1-3-7-25-13-6-5-12(14(9-13)26-8-4-2)11-19-21-18-20-17(24)15(27-18)10-16(22)23/h3-6,9,11,15H,1-2,7-8,10H2,(H,22,23)(H,20,21,24). The number of carbonyl (C=O) groups excluding carboxylic acids is 1. The molecule has 1 fully saturated rings. The van der Waals surface area contributed by atoms with Crippen LogP contribution in [0, 0.1) is 0 Å². The summed E-state index contributed by atoms with van der Waals surface area (Å²) in [6, 6.07) is 5.23. The fraction of sp³-hybridized carbons (Fsp3) is 0.222. The molecule has 1 saturated heterocycles. The Kier molecular flexibility index (Phi) is 7.63. The molecule has 1 aromatic carbocycles. The van der Waals surface area contributed by atoms with Gasteiger partial charge in [-0.05, 0) is 12.1 Å². The third kappa shape index (κ3) is 6.30. The Morgan fingerprint density at radius 1 is 1.30 bits per heavy atom. The predicted octanol–water partition coefficient (Wildman–Crippen LogP) is 2.21. The van der Waals surface area contributed by atoms with Crippen LogP contribution in [0.15, 0.2) is 53.7 Å². The molecule has 1 atom stereocenters. The van der Waals surface area contributed by atoms with Crippen LogP contribution in [0.3, 0.4) is 0 Å². The molecule has 27 heavy (non-hydrogen) atoms. The number of benzene rings is 1. The molecular formula is C18H19N3O5S. The molecule has 2 rings (SSSR count). The maximum absolute atomic E-state index is 11.7. The SMILES string of the molecule is C=CCOc1ccc(C=NN=C2NC(=O)C(CC(=O)O)S2)c(OCC=C)c1. The summed E-state index contributed by atoms with van der Waals surface area (Å²) in [7, 11) is 0. The van der Waals surface area contributed by atoms with Gasteiger partial charge in [0.25, 0.3) is 0 Å². The van der Waals surface area contributed by atoms with Crippen molar-refractivity contribution in [1.82, 2.24) is 5.32 Å². The summed E-state index contributed by atoms with van der Waals surface area (Å²) in [6.45, 7) is 7.90. The van der Waals surface area contributed by atoms with E-state index in [1.54, 1.807) is 30.4 Å². The maximum atomic E-state index is 11.7. The molecule has 9 heteroatoms. The number of amides is 1. The molecule has 0 saturated carbocycles. The van der Waals surface area contributed by atoms with Gasteiger partial charge in [-0.2, -0.15) is 5.10 Å². The number of nitrogens with zero attached hydrogens (tertiary/aromatic N) is 2. The lowest BCUT2D eigenvalue weighted by atomic mass is 10.2. The lowest BCUT2D eigenvalue weighted by Crippen LogP contribution is -2.26. The molecule has 1 aliphatic rings. The number of amidine groups is 1. The molecule has 1 unspecified atom stereocenters. The highest BCUT2D eigenvalue weighted by molar-refractivity contribution is 8.15. The van der Waals surface area contributed by atoms with Gasteiger partial charge in [0.15, 0.2) is 5.17 Å². The van der Waals surface area contributed by atoms with Crippen LogP contribution in [0.5, 0.6) is 11.5 Å². The topological polar surface area (TPSA) is 110 Å². The van der Waals surface area contributed by atoms with Crippen molar-refractivity contribution in [1.29, 1.82) is 0 Å². The normalized spacial score (nSPS) is 17.7. The number of hydrogen-bond donors (Lipinski definition) is 2. The van der Waals surface area contributed by atoms with Crippen molar-refractivity contribution in [2.45, 2.75) is 11.7 Å². The van der Waals surface area contributed by atoms with Gasteiger partial charge in [0.05, 0.1) is 12.6 Å². The van der Waals surface area contributed by atoms with Gasteiger partial charge in [-0.25, -0.2) is 0 Å². The lowest BCUT2D eigenvalue weighted by molar-refractivity contribution is -0.138. The van der Waals surface area contributed by atoms with Crippen LogP contribution in [-0.4, -0.2) is 46.8 Å². The number of ether oxygens (including phenoxy) is 2. The number of aliphatic carboxylic acids is 1. The summed E-state index contributed by atoms with van der Waals surface area (Å²) in [5.41, 5.74) is 0.656. The largest absolute Gasteiger partial charge is 0.489 e. The zero-order chi connectivity index (χ0) is 19.6. The monoisotopic (exact) mass is 389 g/mol. The molecule has 2 N–H and O–H groups in total. The van der Waals surface area contributed by atoms with E-state index in [2.05, 4.69) is 28.7 Å². The van der Waals surface area contributed by atoms with E-state index in [1.807, 2.05) is 0 Å². The molecule has 0 bridgehead atoms. The van der Waals surface area contributed by atoms with Gasteiger partial charge in [-0.3, -0.25) is 9.59 Å². The lowest BCUT2D eigenvalue weighted by Gasteiger charge is -2.10. The van der Waals surface area contributed by atoms with E-state index < -0.39 is 17.1 Å². The Balaban J connectivity index is 2.10. The minimum atomic E-state index is -1.05. The molecule has 0 spiro atoms. The molecule has 1 heterocycles. The van der Waals surface area contributed by atoms with Gasteiger partial charge in [-0.1, -0.05) is 37.1 Å². The van der Waals surface area contributed by atoms with Crippen LogP contribution in [0.25, 0.3) is 0 Å². The van der Waals surface area contributed by atoms with Crippen LogP contribution < -0.4 is 14.8 Å². The number of thioether (sulfide) groups is 1. The number of nitrogens with one attached hydrogen (secondary N) is 1. The van der Waals surface area contributed by atoms with Gasteiger partial charge in [-0.15, -0.1) is 5.10 Å². The van der Waals surface area contributed by atoms with E-state index in [0.29, 0.717) is 30.3 Å². The minimum absolute atomic E-state index is 0.252. The molecule has 0 aromatic heterocycles. The van der Waals surface area contributed by atoms with Gasteiger partial charge >= 0.3 is 5.97 Å². The van der Waals surface area contributed by atoms with Crippen molar-refractivity contribution >= 4 is 35.0 Å². The van der Waals surface area contributed by atoms with Gasteiger partial charge in [0.1, 0.15) is 30.0 Å². The first-order valence-electron chi connectivity index (χ1n) is 7.95. The number of carbonyl (C=O) groups is 2. The fourth-order valence-corrected chi connectivity index (χ4v) is 2.94. The molecule has 1 aromatic rings. The number of carboxylic acid groups (broad SMARTS) is 1. The molecule has 1 amide bonds. The van der Waals surface area contributed by atoms with Crippen molar-refractivity contribution in [2.75, 3.05) is 13.2 Å². The van der Waals surface area contributed by atoms with Crippen molar-refractivity contribution in [2.24, 2.45) is 10.2 Å². The average molecular weight is 389 g/mol. The third-order valence-corrected chi connectivity index (χ3v) is 4.26. The second-order valence-corrected chi connectivity index (χ2v) is 6.43. The molecule has 1 aliphatic heterocycles. The van der Waals surface area contributed by atoms with Crippen LogP contribution >= 0.6 is 11.8 Å².